The van der Waals surface area contributed by atoms with Gasteiger partial charge in [-0.1, -0.05) is 84.8 Å². The predicted octanol–water partition coefficient (Wildman–Crippen LogP) is 4.83. The minimum Gasteiger partial charge on any atom is -0.347 e. The van der Waals surface area contributed by atoms with Gasteiger partial charge in [-0.25, -0.2) is 4.98 Å². The standard InChI is InChI=1S/C24H25N3O2S/c1-17-20(21(28)25-16-18-10-4-2-5-11-18)30-23(26-17)27-22(29)24(14-8-9-15-24)19-12-6-3-7-13-19/h2-7,10-13H,8-9,14-16H2,1H3,(H,25,28)(H,26,27,29). The number of nitrogens with one attached hydrogen (secondary N) is 2. The number of rotatable bonds is 6. The van der Waals surface area contributed by atoms with Crippen LogP contribution in [0, 0.1) is 6.92 Å². The fourth-order valence-corrected chi connectivity index (χ4v) is 5.00. The van der Waals surface area contributed by atoms with Gasteiger partial charge in [-0.15, -0.1) is 0 Å². The molecule has 6 heteroatoms. The lowest BCUT2D eigenvalue weighted by molar-refractivity contribution is -0.121. The van der Waals surface area contributed by atoms with Gasteiger partial charge in [0.15, 0.2) is 5.13 Å². The van der Waals surface area contributed by atoms with E-state index in [0.717, 1.165) is 36.8 Å². The first-order valence-electron chi connectivity index (χ1n) is 10.2. The third-order valence-electron chi connectivity index (χ3n) is 5.74. The van der Waals surface area contributed by atoms with E-state index in [0.29, 0.717) is 22.2 Å². The van der Waals surface area contributed by atoms with Crippen molar-refractivity contribution in [1.29, 1.82) is 0 Å². The molecule has 2 aromatic carbocycles. The molecule has 1 aliphatic rings. The molecule has 0 unspecified atom stereocenters. The second kappa shape index (κ2) is 8.79. The second-order valence-electron chi connectivity index (χ2n) is 7.71. The Balaban J connectivity index is 1.47. The van der Waals surface area contributed by atoms with Crippen molar-refractivity contribution in [3.05, 3.63) is 82.4 Å². The Morgan fingerprint density at radius 3 is 2.30 bits per heavy atom. The molecule has 0 bridgehead atoms. The number of aryl methyl sites for hydroxylation is 1. The highest BCUT2D eigenvalue weighted by Gasteiger charge is 2.43. The molecule has 1 heterocycles. The summed E-state index contributed by atoms with van der Waals surface area (Å²) in [5, 5.41) is 6.41. The molecule has 5 nitrogen and oxygen atoms in total. The quantitative estimate of drug-likeness (QED) is 0.601. The number of hydrogen-bond donors (Lipinski definition) is 2. The molecule has 0 saturated heterocycles. The lowest BCUT2D eigenvalue weighted by Crippen LogP contribution is -2.37. The SMILES string of the molecule is Cc1nc(NC(=O)C2(c3ccccc3)CCCC2)sc1C(=O)NCc1ccccc1. The van der Waals surface area contributed by atoms with Gasteiger partial charge in [0.25, 0.3) is 5.91 Å². The zero-order chi connectivity index (χ0) is 21.0. The number of amides is 2. The summed E-state index contributed by atoms with van der Waals surface area (Å²) >= 11 is 1.23. The Bertz CT molecular complexity index is 1030. The Morgan fingerprint density at radius 1 is 1.00 bits per heavy atom. The maximum atomic E-state index is 13.3. The smallest absolute Gasteiger partial charge is 0.263 e. The van der Waals surface area contributed by atoms with Crippen LogP contribution in [0.2, 0.25) is 0 Å². The van der Waals surface area contributed by atoms with E-state index in [2.05, 4.69) is 15.6 Å². The van der Waals surface area contributed by atoms with Gasteiger partial charge in [0.05, 0.1) is 11.1 Å². The summed E-state index contributed by atoms with van der Waals surface area (Å²) in [5.74, 6) is -0.204. The van der Waals surface area contributed by atoms with Crippen molar-refractivity contribution in [2.75, 3.05) is 5.32 Å². The van der Waals surface area contributed by atoms with Crippen LogP contribution in [0.5, 0.6) is 0 Å². The molecule has 0 atom stereocenters. The van der Waals surface area contributed by atoms with Crippen LogP contribution in [-0.4, -0.2) is 16.8 Å². The van der Waals surface area contributed by atoms with E-state index in [9.17, 15) is 9.59 Å². The molecule has 1 fully saturated rings. The average molecular weight is 420 g/mol. The lowest BCUT2D eigenvalue weighted by Gasteiger charge is -2.27. The number of carbonyl (C=O) groups is 2. The highest BCUT2D eigenvalue weighted by atomic mass is 32.1. The molecule has 1 saturated carbocycles. The van der Waals surface area contributed by atoms with E-state index < -0.39 is 5.41 Å². The zero-order valence-corrected chi connectivity index (χ0v) is 17.8. The molecule has 4 rings (SSSR count). The monoisotopic (exact) mass is 419 g/mol. The van der Waals surface area contributed by atoms with Gasteiger partial charge in [-0.3, -0.25) is 9.59 Å². The second-order valence-corrected chi connectivity index (χ2v) is 8.71. The number of nitrogens with zero attached hydrogens (tertiary/aromatic N) is 1. The molecule has 0 aliphatic heterocycles. The first-order valence-corrected chi connectivity index (χ1v) is 11.1. The summed E-state index contributed by atoms with van der Waals surface area (Å²) in [4.78, 5) is 30.9. The van der Waals surface area contributed by atoms with Crippen LogP contribution in [0.4, 0.5) is 5.13 Å². The number of hydrogen-bond acceptors (Lipinski definition) is 4. The Morgan fingerprint density at radius 2 is 1.63 bits per heavy atom. The molecule has 0 spiro atoms. The van der Waals surface area contributed by atoms with Crippen LogP contribution in [0.15, 0.2) is 60.7 Å². The minimum atomic E-state index is -0.517. The Hall–Kier alpha value is -2.99. The van der Waals surface area contributed by atoms with Crippen molar-refractivity contribution in [2.45, 2.75) is 44.6 Å². The first kappa shape index (κ1) is 20.3. The number of anilines is 1. The van der Waals surface area contributed by atoms with E-state index in [-0.39, 0.29) is 11.8 Å². The maximum absolute atomic E-state index is 13.3. The van der Waals surface area contributed by atoms with Gasteiger partial charge in [0.2, 0.25) is 5.91 Å². The van der Waals surface area contributed by atoms with Crippen LogP contribution in [0.1, 0.15) is 52.2 Å². The third kappa shape index (κ3) is 4.14. The minimum absolute atomic E-state index is 0.0313. The normalized spacial score (nSPS) is 15.0. The van der Waals surface area contributed by atoms with E-state index in [1.165, 1.54) is 11.3 Å². The van der Waals surface area contributed by atoms with Crippen LogP contribution in [-0.2, 0) is 16.8 Å². The molecule has 2 amide bonds. The Labute approximate surface area is 180 Å². The maximum Gasteiger partial charge on any atom is 0.263 e. The molecule has 0 radical (unpaired) electrons. The first-order chi connectivity index (χ1) is 14.6. The summed E-state index contributed by atoms with van der Waals surface area (Å²) in [5.41, 5.74) is 2.19. The summed E-state index contributed by atoms with van der Waals surface area (Å²) in [6.45, 7) is 2.25. The van der Waals surface area contributed by atoms with E-state index >= 15 is 0 Å². The molecule has 1 aliphatic carbocycles. The van der Waals surface area contributed by atoms with Gasteiger partial charge >= 0.3 is 0 Å². The van der Waals surface area contributed by atoms with Crippen molar-refractivity contribution in [3.63, 3.8) is 0 Å². The van der Waals surface area contributed by atoms with Gasteiger partial charge in [-0.2, -0.15) is 0 Å². The average Bonchev–Trinajstić information content (AvgIpc) is 3.41. The fourth-order valence-electron chi connectivity index (χ4n) is 4.12. The van der Waals surface area contributed by atoms with Gasteiger partial charge in [-0.05, 0) is 30.9 Å². The predicted molar refractivity (Wildman–Crippen MR) is 120 cm³/mol. The van der Waals surface area contributed by atoms with Gasteiger partial charge in [0, 0.05) is 6.54 Å². The highest BCUT2D eigenvalue weighted by molar-refractivity contribution is 7.17. The number of aromatic nitrogens is 1. The topological polar surface area (TPSA) is 71.1 Å². The lowest BCUT2D eigenvalue weighted by atomic mass is 9.78. The van der Waals surface area contributed by atoms with Crippen molar-refractivity contribution >= 4 is 28.3 Å². The van der Waals surface area contributed by atoms with Crippen LogP contribution < -0.4 is 10.6 Å². The van der Waals surface area contributed by atoms with E-state index in [4.69, 9.17) is 0 Å². The third-order valence-corrected chi connectivity index (χ3v) is 6.81. The van der Waals surface area contributed by atoms with Crippen molar-refractivity contribution in [1.82, 2.24) is 10.3 Å². The molecular weight excluding hydrogens is 394 g/mol. The molecular formula is C24H25N3O2S. The molecule has 3 aromatic rings. The highest BCUT2D eigenvalue weighted by Crippen LogP contribution is 2.42. The number of thiazole rings is 1. The van der Waals surface area contributed by atoms with E-state index in [1.54, 1.807) is 6.92 Å². The van der Waals surface area contributed by atoms with Crippen LogP contribution >= 0.6 is 11.3 Å². The summed E-state index contributed by atoms with van der Waals surface area (Å²) in [7, 11) is 0. The van der Waals surface area contributed by atoms with Crippen LogP contribution in [0.3, 0.4) is 0 Å². The number of carbonyl (C=O) groups excluding carboxylic acids is 2. The molecule has 1 aromatic heterocycles. The molecule has 2 N–H and O–H groups in total. The largest absolute Gasteiger partial charge is 0.347 e. The van der Waals surface area contributed by atoms with Crippen molar-refractivity contribution in [3.8, 4) is 0 Å². The number of benzene rings is 2. The van der Waals surface area contributed by atoms with Crippen LogP contribution in [0.25, 0.3) is 0 Å². The Kier molecular flexibility index (Phi) is 5.95. The van der Waals surface area contributed by atoms with Gasteiger partial charge < -0.3 is 10.6 Å². The van der Waals surface area contributed by atoms with E-state index in [1.807, 2.05) is 60.7 Å². The summed E-state index contributed by atoms with van der Waals surface area (Å²) in [6, 6.07) is 19.7. The van der Waals surface area contributed by atoms with Crippen molar-refractivity contribution < 1.29 is 9.59 Å². The summed E-state index contributed by atoms with van der Waals surface area (Å²) in [6.07, 6.45) is 3.73. The molecule has 30 heavy (non-hydrogen) atoms. The van der Waals surface area contributed by atoms with Gasteiger partial charge in [0.1, 0.15) is 4.88 Å². The zero-order valence-electron chi connectivity index (χ0n) is 17.0. The summed E-state index contributed by atoms with van der Waals surface area (Å²) < 4.78 is 0. The fraction of sp³-hybridized carbons (Fsp3) is 0.292. The van der Waals surface area contributed by atoms with Crippen molar-refractivity contribution in [2.24, 2.45) is 0 Å². The molecule has 154 valence electrons.